The van der Waals surface area contributed by atoms with Crippen LogP contribution >= 0.6 is 15.9 Å². The van der Waals surface area contributed by atoms with Gasteiger partial charge in [-0.15, -0.1) is 0 Å². The highest BCUT2D eigenvalue weighted by atomic mass is 79.9. The van der Waals surface area contributed by atoms with Gasteiger partial charge in [-0.05, 0) is 49.3 Å². The second-order valence-corrected chi connectivity index (χ2v) is 7.07. The van der Waals surface area contributed by atoms with Gasteiger partial charge in [-0.1, -0.05) is 67.2 Å². The van der Waals surface area contributed by atoms with E-state index in [1.54, 1.807) is 0 Å². The third kappa shape index (κ3) is 4.33. The summed E-state index contributed by atoms with van der Waals surface area (Å²) in [6.07, 6.45) is 8.00. The zero-order chi connectivity index (χ0) is 14.4. The largest absolute Gasteiger partial charge is 0.314 e. The molecule has 0 bridgehead atoms. The summed E-state index contributed by atoms with van der Waals surface area (Å²) in [7, 11) is 0. The summed E-state index contributed by atoms with van der Waals surface area (Å²) >= 11 is 3.67. The summed E-state index contributed by atoms with van der Waals surface area (Å²) in [5.74, 6) is 1.62. The van der Waals surface area contributed by atoms with Crippen molar-refractivity contribution in [3.05, 3.63) is 34.3 Å². The molecule has 1 atom stereocenters. The average molecular weight is 338 g/mol. The Kier molecular flexibility index (Phi) is 6.57. The Bertz CT molecular complexity index is 398. The molecule has 2 heteroatoms. The molecule has 1 unspecified atom stereocenters. The first kappa shape index (κ1) is 16.0. The third-order valence-electron chi connectivity index (χ3n) is 4.72. The molecule has 1 N–H and O–H groups in total. The molecule has 0 aliphatic heterocycles. The van der Waals surface area contributed by atoms with Crippen molar-refractivity contribution in [3.63, 3.8) is 0 Å². The van der Waals surface area contributed by atoms with Crippen molar-refractivity contribution in [1.29, 1.82) is 0 Å². The molecule has 1 aromatic rings. The van der Waals surface area contributed by atoms with Crippen molar-refractivity contribution in [3.8, 4) is 0 Å². The molecule has 1 fully saturated rings. The lowest BCUT2D eigenvalue weighted by Crippen LogP contribution is -2.42. The normalized spacial score (nSPS) is 23.4. The van der Waals surface area contributed by atoms with Gasteiger partial charge in [0, 0.05) is 10.5 Å². The minimum Gasteiger partial charge on any atom is -0.314 e. The van der Waals surface area contributed by atoms with Crippen molar-refractivity contribution in [2.45, 2.75) is 64.3 Å². The van der Waals surface area contributed by atoms with Crippen LogP contribution in [0.2, 0.25) is 0 Å². The predicted octanol–water partition coefficient (Wildman–Crippen LogP) is 5.50. The summed E-state index contributed by atoms with van der Waals surface area (Å²) in [6, 6.07) is 9.41. The lowest BCUT2D eigenvalue weighted by atomic mass is 9.75. The number of unbranched alkanes of at least 4 members (excludes halogenated alkanes) is 1. The van der Waals surface area contributed by atoms with Gasteiger partial charge in [0.15, 0.2) is 0 Å². The summed E-state index contributed by atoms with van der Waals surface area (Å²) < 4.78 is 1.28. The Labute approximate surface area is 132 Å². The first-order chi connectivity index (χ1) is 9.74. The van der Waals surface area contributed by atoms with E-state index in [1.165, 1.54) is 55.1 Å². The molecule has 20 heavy (non-hydrogen) atoms. The maximum absolute atomic E-state index is 3.78. The molecule has 1 saturated carbocycles. The van der Waals surface area contributed by atoms with Crippen molar-refractivity contribution < 1.29 is 0 Å². The number of hydrogen-bond donors (Lipinski definition) is 1. The lowest BCUT2D eigenvalue weighted by molar-refractivity contribution is 0.268. The Morgan fingerprint density at radius 2 is 2.00 bits per heavy atom. The number of benzene rings is 1. The molecular weight excluding hydrogens is 310 g/mol. The number of nitrogens with one attached hydrogen (secondary N) is 1. The zero-order valence-corrected chi connectivity index (χ0v) is 14.5. The van der Waals surface area contributed by atoms with E-state index in [2.05, 4.69) is 59.4 Å². The maximum atomic E-state index is 3.78. The fraction of sp³-hybridized carbons (Fsp3) is 0.667. The fourth-order valence-corrected chi connectivity index (χ4v) is 3.73. The molecule has 0 amide bonds. The van der Waals surface area contributed by atoms with Gasteiger partial charge in [0.25, 0.3) is 0 Å². The summed E-state index contributed by atoms with van der Waals surface area (Å²) in [6.45, 7) is 5.82. The first-order valence-corrected chi connectivity index (χ1v) is 9.01. The van der Waals surface area contributed by atoms with Crippen molar-refractivity contribution >= 4 is 15.9 Å². The second kappa shape index (κ2) is 8.19. The molecule has 0 aromatic heterocycles. The molecule has 1 nitrogen and oxygen atoms in total. The van der Waals surface area contributed by atoms with Crippen molar-refractivity contribution in [2.24, 2.45) is 5.92 Å². The fourth-order valence-electron chi connectivity index (χ4n) is 3.12. The van der Waals surface area contributed by atoms with E-state index in [9.17, 15) is 0 Å². The Morgan fingerprint density at radius 3 is 2.65 bits per heavy atom. The summed E-state index contributed by atoms with van der Waals surface area (Å²) in [5.41, 5.74) is 1.49. The van der Waals surface area contributed by atoms with Gasteiger partial charge >= 0.3 is 0 Å². The SMILES string of the molecule is CCCCC(CC)CNC1CC(c2ccccc2Br)C1. The van der Waals surface area contributed by atoms with Crippen LogP contribution in [0.1, 0.15) is 63.9 Å². The Balaban J connectivity index is 1.70. The van der Waals surface area contributed by atoms with E-state index in [-0.39, 0.29) is 0 Å². The number of rotatable bonds is 8. The van der Waals surface area contributed by atoms with E-state index in [4.69, 9.17) is 0 Å². The van der Waals surface area contributed by atoms with Gasteiger partial charge in [-0.3, -0.25) is 0 Å². The summed E-state index contributed by atoms with van der Waals surface area (Å²) in [4.78, 5) is 0. The highest BCUT2D eigenvalue weighted by Crippen LogP contribution is 2.40. The van der Waals surface area contributed by atoms with Crippen LogP contribution in [-0.2, 0) is 0 Å². The van der Waals surface area contributed by atoms with E-state index < -0.39 is 0 Å². The van der Waals surface area contributed by atoms with Crippen molar-refractivity contribution in [1.82, 2.24) is 5.32 Å². The average Bonchev–Trinajstić information content (AvgIpc) is 2.42. The minimum absolute atomic E-state index is 0.739. The standard InChI is InChI=1S/C18H28BrN/c1-3-5-8-14(4-2)13-20-16-11-15(12-16)17-9-6-7-10-18(17)19/h6-7,9-10,14-16,20H,3-5,8,11-13H2,1-2H3. The molecule has 1 aromatic carbocycles. The van der Waals surface area contributed by atoms with Gasteiger partial charge in [0.05, 0.1) is 0 Å². The van der Waals surface area contributed by atoms with Gasteiger partial charge in [0.1, 0.15) is 0 Å². The second-order valence-electron chi connectivity index (χ2n) is 6.21. The van der Waals surface area contributed by atoms with E-state index in [1.807, 2.05) is 0 Å². The monoisotopic (exact) mass is 337 g/mol. The Morgan fingerprint density at radius 1 is 1.25 bits per heavy atom. The molecule has 2 rings (SSSR count). The van der Waals surface area contributed by atoms with Crippen LogP contribution in [0.4, 0.5) is 0 Å². The smallest absolute Gasteiger partial charge is 0.0210 e. The molecule has 1 aliphatic carbocycles. The van der Waals surface area contributed by atoms with Crippen molar-refractivity contribution in [2.75, 3.05) is 6.54 Å². The molecule has 112 valence electrons. The van der Waals surface area contributed by atoms with Gasteiger partial charge in [-0.2, -0.15) is 0 Å². The highest BCUT2D eigenvalue weighted by Gasteiger charge is 2.31. The Hall–Kier alpha value is -0.340. The van der Waals surface area contributed by atoms with E-state index in [0.29, 0.717) is 0 Å². The van der Waals surface area contributed by atoms with Crippen LogP contribution in [0.15, 0.2) is 28.7 Å². The molecule has 0 heterocycles. The van der Waals surface area contributed by atoms with Gasteiger partial charge in [0.2, 0.25) is 0 Å². The van der Waals surface area contributed by atoms with Crippen LogP contribution in [0.25, 0.3) is 0 Å². The lowest BCUT2D eigenvalue weighted by Gasteiger charge is -2.37. The quantitative estimate of drug-likeness (QED) is 0.660. The van der Waals surface area contributed by atoms with Gasteiger partial charge in [-0.25, -0.2) is 0 Å². The summed E-state index contributed by atoms with van der Waals surface area (Å²) in [5, 5.41) is 3.78. The topological polar surface area (TPSA) is 12.0 Å². The van der Waals surface area contributed by atoms with Crippen LogP contribution in [0.5, 0.6) is 0 Å². The highest BCUT2D eigenvalue weighted by molar-refractivity contribution is 9.10. The van der Waals surface area contributed by atoms with Crippen LogP contribution in [0.3, 0.4) is 0 Å². The van der Waals surface area contributed by atoms with Crippen LogP contribution in [-0.4, -0.2) is 12.6 Å². The van der Waals surface area contributed by atoms with Crippen LogP contribution in [0, 0.1) is 5.92 Å². The van der Waals surface area contributed by atoms with E-state index >= 15 is 0 Å². The minimum atomic E-state index is 0.739. The third-order valence-corrected chi connectivity index (χ3v) is 5.44. The zero-order valence-electron chi connectivity index (χ0n) is 12.9. The number of halogens is 1. The molecule has 0 spiro atoms. The molecule has 0 radical (unpaired) electrons. The maximum Gasteiger partial charge on any atom is 0.0210 e. The van der Waals surface area contributed by atoms with Crippen LogP contribution < -0.4 is 5.32 Å². The molecule has 1 aliphatic rings. The number of hydrogen-bond acceptors (Lipinski definition) is 1. The molecular formula is C18H28BrN. The molecule has 0 saturated heterocycles. The van der Waals surface area contributed by atoms with Gasteiger partial charge < -0.3 is 5.32 Å². The van der Waals surface area contributed by atoms with E-state index in [0.717, 1.165) is 17.9 Å². The predicted molar refractivity (Wildman–Crippen MR) is 91.2 cm³/mol. The first-order valence-electron chi connectivity index (χ1n) is 8.22.